The summed E-state index contributed by atoms with van der Waals surface area (Å²) in [6.07, 6.45) is 2.30. The molecule has 0 unspecified atom stereocenters. The zero-order valence-corrected chi connectivity index (χ0v) is 13.7. The van der Waals surface area contributed by atoms with Crippen molar-refractivity contribution in [3.63, 3.8) is 0 Å². The monoisotopic (exact) mass is 312 g/mol. The third-order valence-electron chi connectivity index (χ3n) is 3.29. The minimum absolute atomic E-state index is 0.0396. The van der Waals surface area contributed by atoms with E-state index in [1.165, 1.54) is 0 Å². The number of carbonyl (C=O) groups is 1. The SMILES string of the molecule is CCCCC(=O)NCCNS(=O)(=O)c1ccc(C)c(C)c1. The molecule has 0 aromatic heterocycles. The summed E-state index contributed by atoms with van der Waals surface area (Å²) in [6, 6.07) is 5.03. The Kier molecular flexibility index (Phi) is 6.84. The zero-order chi connectivity index (χ0) is 15.9. The van der Waals surface area contributed by atoms with Crippen LogP contribution in [0, 0.1) is 13.8 Å². The molecule has 0 radical (unpaired) electrons. The summed E-state index contributed by atoms with van der Waals surface area (Å²) in [4.78, 5) is 11.6. The normalized spacial score (nSPS) is 11.4. The average Bonchev–Trinajstić information content (AvgIpc) is 2.44. The van der Waals surface area contributed by atoms with Gasteiger partial charge < -0.3 is 5.32 Å². The van der Waals surface area contributed by atoms with E-state index in [0.717, 1.165) is 24.0 Å². The van der Waals surface area contributed by atoms with Crippen LogP contribution in [-0.2, 0) is 14.8 Å². The number of nitrogens with one attached hydrogen (secondary N) is 2. The summed E-state index contributed by atoms with van der Waals surface area (Å²) < 4.78 is 26.7. The van der Waals surface area contributed by atoms with Gasteiger partial charge in [0, 0.05) is 19.5 Å². The van der Waals surface area contributed by atoms with E-state index in [1.807, 2.05) is 20.8 Å². The van der Waals surface area contributed by atoms with Crippen LogP contribution >= 0.6 is 0 Å². The van der Waals surface area contributed by atoms with Crippen molar-refractivity contribution in [1.29, 1.82) is 0 Å². The van der Waals surface area contributed by atoms with Crippen molar-refractivity contribution in [2.24, 2.45) is 0 Å². The highest BCUT2D eigenvalue weighted by atomic mass is 32.2. The van der Waals surface area contributed by atoms with E-state index >= 15 is 0 Å². The van der Waals surface area contributed by atoms with Gasteiger partial charge in [-0.1, -0.05) is 19.4 Å². The van der Waals surface area contributed by atoms with Crippen molar-refractivity contribution in [2.45, 2.75) is 44.9 Å². The summed E-state index contributed by atoms with van der Waals surface area (Å²) >= 11 is 0. The molecule has 5 nitrogen and oxygen atoms in total. The molecule has 0 atom stereocenters. The number of unbranched alkanes of at least 4 members (excludes halogenated alkanes) is 1. The van der Waals surface area contributed by atoms with Crippen LogP contribution in [0.5, 0.6) is 0 Å². The Bertz CT molecular complexity index is 583. The van der Waals surface area contributed by atoms with Crippen molar-refractivity contribution >= 4 is 15.9 Å². The molecule has 1 aromatic rings. The highest BCUT2D eigenvalue weighted by molar-refractivity contribution is 7.89. The molecule has 0 bridgehead atoms. The first kappa shape index (κ1) is 17.7. The van der Waals surface area contributed by atoms with E-state index in [0.29, 0.717) is 13.0 Å². The van der Waals surface area contributed by atoms with E-state index in [9.17, 15) is 13.2 Å². The maximum Gasteiger partial charge on any atom is 0.240 e. The highest BCUT2D eigenvalue weighted by Crippen LogP contribution is 2.14. The lowest BCUT2D eigenvalue weighted by atomic mass is 10.1. The summed E-state index contributed by atoms with van der Waals surface area (Å²) in [5, 5.41) is 2.70. The lowest BCUT2D eigenvalue weighted by Gasteiger charge is -2.09. The lowest BCUT2D eigenvalue weighted by molar-refractivity contribution is -0.121. The molecule has 0 fully saturated rings. The van der Waals surface area contributed by atoms with Crippen LogP contribution in [0.2, 0.25) is 0 Å². The Balaban J connectivity index is 2.46. The average molecular weight is 312 g/mol. The fraction of sp³-hybridized carbons (Fsp3) is 0.533. The van der Waals surface area contributed by atoms with Gasteiger partial charge in [0.05, 0.1) is 4.90 Å². The van der Waals surface area contributed by atoms with Crippen LogP contribution in [0.1, 0.15) is 37.3 Å². The molecule has 118 valence electrons. The largest absolute Gasteiger partial charge is 0.355 e. The van der Waals surface area contributed by atoms with Crippen molar-refractivity contribution < 1.29 is 13.2 Å². The van der Waals surface area contributed by atoms with Gasteiger partial charge in [-0.3, -0.25) is 4.79 Å². The van der Waals surface area contributed by atoms with E-state index in [4.69, 9.17) is 0 Å². The molecule has 0 spiro atoms. The highest BCUT2D eigenvalue weighted by Gasteiger charge is 2.13. The van der Waals surface area contributed by atoms with Gasteiger partial charge in [0.1, 0.15) is 0 Å². The van der Waals surface area contributed by atoms with Crippen molar-refractivity contribution in [3.8, 4) is 0 Å². The van der Waals surface area contributed by atoms with Crippen LogP contribution < -0.4 is 10.0 Å². The number of aryl methyl sites for hydroxylation is 2. The Morgan fingerprint density at radius 2 is 1.86 bits per heavy atom. The van der Waals surface area contributed by atoms with Gasteiger partial charge in [-0.25, -0.2) is 13.1 Å². The topological polar surface area (TPSA) is 75.3 Å². The molecule has 0 aliphatic heterocycles. The van der Waals surface area contributed by atoms with Crippen LogP contribution in [0.15, 0.2) is 23.1 Å². The van der Waals surface area contributed by atoms with Gasteiger partial charge in [0.25, 0.3) is 0 Å². The fourth-order valence-electron chi connectivity index (χ4n) is 1.78. The summed E-state index contributed by atoms with van der Waals surface area (Å²) in [5.74, 6) is -0.0396. The van der Waals surface area contributed by atoms with Gasteiger partial charge in [-0.05, 0) is 43.5 Å². The van der Waals surface area contributed by atoms with Gasteiger partial charge in [-0.2, -0.15) is 0 Å². The number of benzene rings is 1. The molecule has 0 heterocycles. The van der Waals surface area contributed by atoms with Crippen LogP contribution in [0.25, 0.3) is 0 Å². The standard InChI is InChI=1S/C15H24N2O3S/c1-4-5-6-15(18)16-9-10-17-21(19,20)14-8-7-12(2)13(3)11-14/h7-8,11,17H,4-6,9-10H2,1-3H3,(H,16,18). The Labute approximate surface area is 127 Å². The fourth-order valence-corrected chi connectivity index (χ4v) is 2.89. The molecular formula is C15H24N2O3S. The Morgan fingerprint density at radius 3 is 2.48 bits per heavy atom. The molecule has 1 rings (SSSR count). The number of amides is 1. The molecule has 0 saturated carbocycles. The second-order valence-electron chi connectivity index (χ2n) is 5.10. The first-order valence-electron chi connectivity index (χ1n) is 7.20. The summed E-state index contributed by atoms with van der Waals surface area (Å²) in [7, 11) is -3.52. The first-order chi connectivity index (χ1) is 9.86. The second-order valence-corrected chi connectivity index (χ2v) is 6.86. The van der Waals surface area contributed by atoms with Crippen molar-refractivity contribution in [1.82, 2.24) is 10.0 Å². The predicted octanol–water partition coefficient (Wildman–Crippen LogP) is 1.89. The lowest BCUT2D eigenvalue weighted by Crippen LogP contribution is -2.34. The maximum absolute atomic E-state index is 12.1. The maximum atomic E-state index is 12.1. The molecule has 2 N–H and O–H groups in total. The molecule has 1 aromatic carbocycles. The quantitative estimate of drug-likeness (QED) is 0.720. The van der Waals surface area contributed by atoms with Gasteiger partial charge in [0.15, 0.2) is 0 Å². The van der Waals surface area contributed by atoms with E-state index in [1.54, 1.807) is 18.2 Å². The van der Waals surface area contributed by atoms with Crippen molar-refractivity contribution in [2.75, 3.05) is 13.1 Å². The second kappa shape index (κ2) is 8.14. The van der Waals surface area contributed by atoms with Gasteiger partial charge >= 0.3 is 0 Å². The molecule has 0 aliphatic rings. The molecule has 0 aliphatic carbocycles. The first-order valence-corrected chi connectivity index (χ1v) is 8.68. The minimum atomic E-state index is -3.52. The molecule has 21 heavy (non-hydrogen) atoms. The minimum Gasteiger partial charge on any atom is -0.355 e. The van der Waals surface area contributed by atoms with Crippen LogP contribution in [0.4, 0.5) is 0 Å². The van der Waals surface area contributed by atoms with E-state index in [2.05, 4.69) is 10.0 Å². The smallest absolute Gasteiger partial charge is 0.240 e. The molecule has 0 saturated heterocycles. The predicted molar refractivity (Wildman–Crippen MR) is 83.6 cm³/mol. The van der Waals surface area contributed by atoms with Gasteiger partial charge in [-0.15, -0.1) is 0 Å². The number of carbonyl (C=O) groups excluding carboxylic acids is 1. The van der Waals surface area contributed by atoms with E-state index < -0.39 is 10.0 Å². The third-order valence-corrected chi connectivity index (χ3v) is 4.74. The number of rotatable bonds is 8. The third kappa shape index (κ3) is 5.85. The van der Waals surface area contributed by atoms with Gasteiger partial charge in [0.2, 0.25) is 15.9 Å². The van der Waals surface area contributed by atoms with E-state index in [-0.39, 0.29) is 17.3 Å². The number of hydrogen-bond donors (Lipinski definition) is 2. The molecule has 1 amide bonds. The van der Waals surface area contributed by atoms with Crippen LogP contribution in [0.3, 0.4) is 0 Å². The number of sulfonamides is 1. The number of hydrogen-bond acceptors (Lipinski definition) is 3. The van der Waals surface area contributed by atoms with Crippen LogP contribution in [-0.4, -0.2) is 27.4 Å². The Morgan fingerprint density at radius 1 is 1.14 bits per heavy atom. The molecule has 6 heteroatoms. The zero-order valence-electron chi connectivity index (χ0n) is 12.9. The summed E-state index contributed by atoms with van der Waals surface area (Å²) in [6.45, 7) is 6.32. The summed E-state index contributed by atoms with van der Waals surface area (Å²) in [5.41, 5.74) is 1.99. The van der Waals surface area contributed by atoms with Crippen molar-refractivity contribution in [3.05, 3.63) is 29.3 Å². The Hall–Kier alpha value is -1.40. The molecular weight excluding hydrogens is 288 g/mol.